The first kappa shape index (κ1) is 12.9. The summed E-state index contributed by atoms with van der Waals surface area (Å²) in [6.07, 6.45) is 0.650. The summed E-state index contributed by atoms with van der Waals surface area (Å²) >= 11 is 0. The number of aryl methyl sites for hydroxylation is 1. The molecule has 2 nitrogen and oxygen atoms in total. The van der Waals surface area contributed by atoms with Gasteiger partial charge in [-0.05, 0) is 48.9 Å². The van der Waals surface area contributed by atoms with Crippen LogP contribution in [0.5, 0.6) is 5.75 Å². The zero-order valence-corrected chi connectivity index (χ0v) is 11.1. The highest BCUT2D eigenvalue weighted by Gasteiger charge is 2.22. The Morgan fingerprint density at radius 3 is 2.85 bits per heavy atom. The number of benzene rings is 2. The minimum atomic E-state index is -0.241. The maximum atomic E-state index is 13.2. The molecule has 2 aromatic carbocycles. The molecule has 0 saturated heterocycles. The zero-order chi connectivity index (χ0) is 14.1. The predicted molar refractivity (Wildman–Crippen MR) is 74.1 cm³/mol. The maximum Gasteiger partial charge on any atom is 0.126 e. The highest BCUT2D eigenvalue weighted by atomic mass is 19.1. The number of hydrogen-bond acceptors (Lipinski definition) is 2. The molecule has 1 aliphatic rings. The quantitative estimate of drug-likeness (QED) is 0.922. The van der Waals surface area contributed by atoms with E-state index in [1.165, 1.54) is 18.2 Å². The Balaban J connectivity index is 1.62. The molecule has 0 aliphatic carbocycles. The van der Waals surface area contributed by atoms with Gasteiger partial charge < -0.3 is 10.1 Å². The first-order valence-corrected chi connectivity index (χ1v) is 6.57. The molecular weight excluding hydrogens is 260 g/mol. The van der Waals surface area contributed by atoms with Gasteiger partial charge in [0, 0.05) is 17.7 Å². The molecule has 0 fully saturated rings. The third-order valence-corrected chi connectivity index (χ3v) is 3.46. The minimum absolute atomic E-state index is 0.0304. The summed E-state index contributed by atoms with van der Waals surface area (Å²) in [4.78, 5) is 0. The molecule has 3 rings (SSSR count). The van der Waals surface area contributed by atoms with E-state index < -0.39 is 0 Å². The van der Waals surface area contributed by atoms with Crippen molar-refractivity contribution in [3.63, 3.8) is 0 Å². The monoisotopic (exact) mass is 275 g/mol. The van der Waals surface area contributed by atoms with Crippen LogP contribution in [0, 0.1) is 18.6 Å². The third-order valence-electron chi connectivity index (χ3n) is 3.46. The summed E-state index contributed by atoms with van der Waals surface area (Å²) in [5, 5.41) is 3.22. The molecule has 1 unspecified atom stereocenters. The zero-order valence-electron chi connectivity index (χ0n) is 11.1. The van der Waals surface area contributed by atoms with Gasteiger partial charge in [-0.2, -0.15) is 0 Å². The number of halogens is 2. The normalized spacial score (nSPS) is 16.6. The molecule has 1 aliphatic heterocycles. The molecule has 0 bridgehead atoms. The van der Waals surface area contributed by atoms with Crippen molar-refractivity contribution in [3.05, 3.63) is 59.2 Å². The molecule has 1 atom stereocenters. The van der Waals surface area contributed by atoms with Gasteiger partial charge in [-0.3, -0.25) is 0 Å². The number of anilines is 1. The number of hydrogen-bond donors (Lipinski definition) is 1. The van der Waals surface area contributed by atoms with Crippen molar-refractivity contribution in [2.24, 2.45) is 0 Å². The fraction of sp³-hybridized carbons (Fsp3) is 0.250. The van der Waals surface area contributed by atoms with E-state index in [1.54, 1.807) is 25.1 Å². The van der Waals surface area contributed by atoms with Crippen molar-refractivity contribution in [3.8, 4) is 5.75 Å². The Labute approximate surface area is 116 Å². The van der Waals surface area contributed by atoms with Crippen LogP contribution in [0.4, 0.5) is 14.5 Å². The largest absolute Gasteiger partial charge is 0.488 e. The van der Waals surface area contributed by atoms with Gasteiger partial charge in [0.25, 0.3) is 0 Å². The smallest absolute Gasteiger partial charge is 0.126 e. The number of fused-ring (bicyclic) bond motifs is 1. The standard InChI is InChI=1S/C16H15F2NO/c1-10-6-13(3-4-15(10)18)19-9-14-8-11-7-12(17)2-5-16(11)20-14/h2-7,14,19H,8-9H2,1H3. The van der Waals surface area contributed by atoms with Crippen LogP contribution in [0.2, 0.25) is 0 Å². The average molecular weight is 275 g/mol. The number of ether oxygens (including phenoxy) is 1. The Kier molecular flexibility index (Phi) is 3.30. The Hall–Kier alpha value is -2.10. The van der Waals surface area contributed by atoms with Crippen molar-refractivity contribution in [1.82, 2.24) is 0 Å². The minimum Gasteiger partial charge on any atom is -0.488 e. The van der Waals surface area contributed by atoms with E-state index in [0.717, 1.165) is 17.0 Å². The molecule has 2 aromatic rings. The predicted octanol–water partition coefficient (Wildman–Crippen LogP) is 3.69. The molecule has 0 amide bonds. The lowest BCUT2D eigenvalue weighted by atomic mass is 10.1. The van der Waals surface area contributed by atoms with Gasteiger partial charge in [-0.25, -0.2) is 8.78 Å². The van der Waals surface area contributed by atoms with Gasteiger partial charge in [-0.15, -0.1) is 0 Å². The second-order valence-electron chi connectivity index (χ2n) is 5.04. The Morgan fingerprint density at radius 2 is 2.05 bits per heavy atom. The van der Waals surface area contributed by atoms with E-state index in [2.05, 4.69) is 5.32 Å². The van der Waals surface area contributed by atoms with Gasteiger partial charge >= 0.3 is 0 Å². The molecule has 0 radical (unpaired) electrons. The first-order valence-electron chi connectivity index (χ1n) is 6.57. The van der Waals surface area contributed by atoms with Crippen molar-refractivity contribution < 1.29 is 13.5 Å². The van der Waals surface area contributed by atoms with E-state index in [-0.39, 0.29) is 17.7 Å². The summed E-state index contributed by atoms with van der Waals surface area (Å²) in [5.41, 5.74) is 2.36. The van der Waals surface area contributed by atoms with Crippen molar-refractivity contribution in [1.29, 1.82) is 0 Å². The summed E-state index contributed by atoms with van der Waals surface area (Å²) < 4.78 is 32.0. The maximum absolute atomic E-state index is 13.2. The van der Waals surface area contributed by atoms with Crippen LogP contribution in [-0.4, -0.2) is 12.6 Å². The fourth-order valence-corrected chi connectivity index (χ4v) is 2.39. The van der Waals surface area contributed by atoms with Gasteiger partial charge in [-0.1, -0.05) is 0 Å². The van der Waals surface area contributed by atoms with Crippen molar-refractivity contribution >= 4 is 5.69 Å². The first-order chi connectivity index (χ1) is 9.61. The topological polar surface area (TPSA) is 21.3 Å². The molecule has 104 valence electrons. The summed E-state index contributed by atoms with van der Waals surface area (Å²) in [6, 6.07) is 9.47. The van der Waals surface area contributed by atoms with Crippen LogP contribution in [0.1, 0.15) is 11.1 Å². The van der Waals surface area contributed by atoms with E-state index >= 15 is 0 Å². The number of nitrogens with one attached hydrogen (secondary N) is 1. The second-order valence-corrected chi connectivity index (χ2v) is 5.04. The van der Waals surface area contributed by atoms with Gasteiger partial charge in [0.05, 0.1) is 6.54 Å². The van der Waals surface area contributed by atoms with Gasteiger partial charge in [0.2, 0.25) is 0 Å². The SMILES string of the molecule is Cc1cc(NCC2Cc3cc(F)ccc3O2)ccc1F. The lowest BCUT2D eigenvalue weighted by Crippen LogP contribution is -2.23. The summed E-state index contributed by atoms with van der Waals surface area (Å²) in [7, 11) is 0. The Morgan fingerprint density at radius 1 is 1.20 bits per heavy atom. The van der Waals surface area contributed by atoms with Crippen LogP contribution < -0.4 is 10.1 Å². The molecule has 0 aromatic heterocycles. The van der Waals surface area contributed by atoms with E-state index in [4.69, 9.17) is 4.74 Å². The third kappa shape index (κ3) is 2.59. The van der Waals surface area contributed by atoms with Crippen molar-refractivity contribution in [2.45, 2.75) is 19.4 Å². The van der Waals surface area contributed by atoms with E-state index in [0.29, 0.717) is 18.5 Å². The lowest BCUT2D eigenvalue weighted by molar-refractivity contribution is 0.246. The van der Waals surface area contributed by atoms with Crippen LogP contribution in [0.3, 0.4) is 0 Å². The molecule has 1 N–H and O–H groups in total. The summed E-state index contributed by atoms with van der Waals surface area (Å²) in [5.74, 6) is 0.291. The highest BCUT2D eigenvalue weighted by molar-refractivity contribution is 5.46. The molecule has 0 spiro atoms. The molecule has 1 heterocycles. The van der Waals surface area contributed by atoms with Gasteiger partial charge in [0.1, 0.15) is 23.5 Å². The van der Waals surface area contributed by atoms with Crippen LogP contribution in [0.25, 0.3) is 0 Å². The van der Waals surface area contributed by atoms with Crippen LogP contribution >= 0.6 is 0 Å². The van der Waals surface area contributed by atoms with Crippen LogP contribution in [0.15, 0.2) is 36.4 Å². The average Bonchev–Trinajstić information content (AvgIpc) is 2.82. The van der Waals surface area contributed by atoms with Gasteiger partial charge in [0.15, 0.2) is 0 Å². The Bertz CT molecular complexity index is 642. The fourth-order valence-electron chi connectivity index (χ4n) is 2.39. The summed E-state index contributed by atoms with van der Waals surface area (Å²) in [6.45, 7) is 2.33. The number of rotatable bonds is 3. The highest BCUT2D eigenvalue weighted by Crippen LogP contribution is 2.29. The molecular formula is C16H15F2NO. The lowest BCUT2D eigenvalue weighted by Gasteiger charge is -2.13. The van der Waals surface area contributed by atoms with Crippen LogP contribution in [-0.2, 0) is 6.42 Å². The molecule has 4 heteroatoms. The molecule has 20 heavy (non-hydrogen) atoms. The molecule has 0 saturated carbocycles. The van der Waals surface area contributed by atoms with Crippen molar-refractivity contribution in [2.75, 3.05) is 11.9 Å². The second kappa shape index (κ2) is 5.12. The van der Waals surface area contributed by atoms with E-state index in [9.17, 15) is 8.78 Å². The van der Waals surface area contributed by atoms with E-state index in [1.807, 2.05) is 0 Å².